The molecule has 0 aliphatic carbocycles. The van der Waals surface area contributed by atoms with Crippen LogP contribution in [0.1, 0.15) is 27.6 Å². The summed E-state index contributed by atoms with van der Waals surface area (Å²) in [6, 6.07) is 8.62. The third-order valence-electron chi connectivity index (χ3n) is 3.12. The highest BCUT2D eigenvalue weighted by Crippen LogP contribution is 2.36. The Morgan fingerprint density at radius 2 is 1.74 bits per heavy atom. The van der Waals surface area contributed by atoms with Gasteiger partial charge in [-0.3, -0.25) is 0 Å². The summed E-state index contributed by atoms with van der Waals surface area (Å²) in [5.41, 5.74) is 3.90. The maximum atomic E-state index is 13.2. The van der Waals surface area contributed by atoms with Crippen LogP contribution in [0.4, 0.5) is 4.39 Å². The quantitative estimate of drug-likeness (QED) is 0.559. The van der Waals surface area contributed by atoms with Crippen LogP contribution in [0.25, 0.3) is 0 Å². The minimum Gasteiger partial charge on any atom is -0.206 e. The van der Waals surface area contributed by atoms with Crippen molar-refractivity contribution < 1.29 is 4.39 Å². The van der Waals surface area contributed by atoms with Gasteiger partial charge in [-0.2, -0.15) is 0 Å². The SMILES string of the molecule is Cc1cc(Cl)c(C(Cl)c2ccc(F)c(Br)c2)cc1C. The zero-order valence-corrected chi connectivity index (χ0v) is 13.6. The van der Waals surface area contributed by atoms with Crippen LogP contribution in [0, 0.1) is 19.7 Å². The van der Waals surface area contributed by atoms with Gasteiger partial charge in [-0.15, -0.1) is 11.6 Å². The van der Waals surface area contributed by atoms with Crippen molar-refractivity contribution in [3.8, 4) is 0 Å². The zero-order valence-electron chi connectivity index (χ0n) is 10.5. The van der Waals surface area contributed by atoms with E-state index in [1.165, 1.54) is 6.07 Å². The average molecular weight is 362 g/mol. The van der Waals surface area contributed by atoms with Gasteiger partial charge < -0.3 is 0 Å². The maximum Gasteiger partial charge on any atom is 0.137 e. The third-order valence-corrected chi connectivity index (χ3v) is 4.54. The van der Waals surface area contributed by atoms with Crippen molar-refractivity contribution in [2.24, 2.45) is 0 Å². The number of rotatable bonds is 2. The summed E-state index contributed by atoms with van der Waals surface area (Å²) in [5, 5.41) is 0.229. The fourth-order valence-electron chi connectivity index (χ4n) is 1.85. The average Bonchev–Trinajstić information content (AvgIpc) is 2.36. The fraction of sp³-hybridized carbons (Fsp3) is 0.200. The molecule has 0 heterocycles. The monoisotopic (exact) mass is 360 g/mol. The number of alkyl halides is 1. The van der Waals surface area contributed by atoms with Crippen molar-refractivity contribution in [3.63, 3.8) is 0 Å². The summed E-state index contributed by atoms with van der Waals surface area (Å²) in [6.45, 7) is 4.02. The van der Waals surface area contributed by atoms with E-state index < -0.39 is 5.38 Å². The molecule has 2 aromatic carbocycles. The van der Waals surface area contributed by atoms with E-state index in [9.17, 15) is 4.39 Å². The Hall–Kier alpha value is -0.570. The first-order chi connectivity index (χ1) is 8.90. The van der Waals surface area contributed by atoms with Crippen molar-refractivity contribution in [1.29, 1.82) is 0 Å². The summed E-state index contributed by atoms with van der Waals surface area (Å²) in [7, 11) is 0. The Morgan fingerprint density at radius 3 is 2.37 bits per heavy atom. The first-order valence-electron chi connectivity index (χ1n) is 5.76. The number of benzene rings is 2. The molecule has 4 heteroatoms. The van der Waals surface area contributed by atoms with Gasteiger partial charge in [-0.1, -0.05) is 23.7 Å². The van der Waals surface area contributed by atoms with Crippen molar-refractivity contribution in [1.82, 2.24) is 0 Å². The second-order valence-corrected chi connectivity index (χ2v) is 6.19. The van der Waals surface area contributed by atoms with Gasteiger partial charge >= 0.3 is 0 Å². The van der Waals surface area contributed by atoms with Crippen LogP contribution in [-0.4, -0.2) is 0 Å². The van der Waals surface area contributed by atoms with Gasteiger partial charge in [-0.25, -0.2) is 4.39 Å². The lowest BCUT2D eigenvalue weighted by Crippen LogP contribution is -1.97. The molecule has 2 rings (SSSR count). The summed E-state index contributed by atoms with van der Waals surface area (Å²) in [5.74, 6) is -0.307. The first kappa shape index (κ1) is 14.8. The van der Waals surface area contributed by atoms with Gasteiger partial charge in [0.05, 0.1) is 9.85 Å². The van der Waals surface area contributed by atoms with E-state index in [4.69, 9.17) is 23.2 Å². The van der Waals surface area contributed by atoms with Crippen molar-refractivity contribution >= 4 is 39.1 Å². The molecule has 0 amide bonds. The highest BCUT2D eigenvalue weighted by atomic mass is 79.9. The lowest BCUT2D eigenvalue weighted by Gasteiger charge is -2.15. The molecule has 0 aromatic heterocycles. The molecule has 19 heavy (non-hydrogen) atoms. The van der Waals surface area contributed by atoms with Crippen LogP contribution in [0.15, 0.2) is 34.8 Å². The molecular weight excluding hydrogens is 350 g/mol. The highest BCUT2D eigenvalue weighted by Gasteiger charge is 2.16. The van der Waals surface area contributed by atoms with Crippen LogP contribution >= 0.6 is 39.1 Å². The minimum atomic E-state index is -0.399. The van der Waals surface area contributed by atoms with E-state index >= 15 is 0 Å². The Balaban J connectivity index is 2.46. The molecule has 0 N–H and O–H groups in total. The molecule has 1 atom stereocenters. The Bertz CT molecular complexity index is 626. The van der Waals surface area contributed by atoms with E-state index in [-0.39, 0.29) is 5.82 Å². The molecule has 0 fully saturated rings. The van der Waals surface area contributed by atoms with E-state index in [0.29, 0.717) is 9.50 Å². The molecule has 2 aromatic rings. The summed E-state index contributed by atoms with van der Waals surface area (Å²) < 4.78 is 13.6. The molecule has 1 unspecified atom stereocenters. The maximum absolute atomic E-state index is 13.2. The standard InChI is InChI=1S/C15H12BrCl2F/c1-8-5-11(13(17)6-9(8)2)15(18)10-3-4-14(19)12(16)7-10/h3-7,15H,1-2H3. The van der Waals surface area contributed by atoms with Gasteiger partial charge in [0.15, 0.2) is 0 Å². The molecule has 0 saturated heterocycles. The summed E-state index contributed by atoms with van der Waals surface area (Å²) in [6.07, 6.45) is 0. The summed E-state index contributed by atoms with van der Waals surface area (Å²) in [4.78, 5) is 0. The number of halogens is 4. The third kappa shape index (κ3) is 3.13. The van der Waals surface area contributed by atoms with E-state index in [2.05, 4.69) is 15.9 Å². The van der Waals surface area contributed by atoms with Gasteiger partial charge in [0.1, 0.15) is 5.82 Å². The Labute approximate surface area is 130 Å². The van der Waals surface area contributed by atoms with Gasteiger partial charge in [0, 0.05) is 5.02 Å². The fourth-order valence-corrected chi connectivity index (χ4v) is 2.94. The predicted molar refractivity (Wildman–Crippen MR) is 82.7 cm³/mol. The summed E-state index contributed by atoms with van der Waals surface area (Å²) >= 11 is 15.9. The molecule has 100 valence electrons. The predicted octanol–water partition coefficient (Wildman–Crippen LogP) is 6.19. The smallest absolute Gasteiger partial charge is 0.137 e. The van der Waals surface area contributed by atoms with Crippen LogP contribution in [0.2, 0.25) is 5.02 Å². The Kier molecular flexibility index (Phi) is 4.54. The van der Waals surface area contributed by atoms with Crippen LogP contribution in [0.3, 0.4) is 0 Å². The zero-order chi connectivity index (χ0) is 14.2. The highest BCUT2D eigenvalue weighted by molar-refractivity contribution is 9.10. The second-order valence-electron chi connectivity index (χ2n) is 4.49. The number of aryl methyl sites for hydroxylation is 2. The first-order valence-corrected chi connectivity index (χ1v) is 7.36. The molecule has 0 bridgehead atoms. The van der Waals surface area contributed by atoms with Crippen LogP contribution in [-0.2, 0) is 0 Å². The molecular formula is C15H12BrCl2F. The Morgan fingerprint density at radius 1 is 1.11 bits per heavy atom. The van der Waals surface area contributed by atoms with E-state index in [0.717, 1.165) is 22.3 Å². The largest absolute Gasteiger partial charge is 0.206 e. The topological polar surface area (TPSA) is 0 Å². The lowest BCUT2D eigenvalue weighted by molar-refractivity contribution is 0.620. The molecule has 0 saturated carbocycles. The van der Waals surface area contributed by atoms with E-state index in [1.807, 2.05) is 26.0 Å². The molecule has 0 aliphatic rings. The normalized spacial score (nSPS) is 12.5. The van der Waals surface area contributed by atoms with Crippen LogP contribution < -0.4 is 0 Å². The molecule has 0 nitrogen and oxygen atoms in total. The van der Waals surface area contributed by atoms with Gasteiger partial charge in [0.2, 0.25) is 0 Å². The molecule has 0 radical (unpaired) electrons. The number of hydrogen-bond acceptors (Lipinski definition) is 0. The molecule has 0 aliphatic heterocycles. The van der Waals surface area contributed by atoms with Crippen molar-refractivity contribution in [3.05, 3.63) is 67.9 Å². The van der Waals surface area contributed by atoms with Crippen molar-refractivity contribution in [2.45, 2.75) is 19.2 Å². The van der Waals surface area contributed by atoms with E-state index in [1.54, 1.807) is 12.1 Å². The number of hydrogen-bond donors (Lipinski definition) is 0. The minimum absolute atomic E-state index is 0.307. The second kappa shape index (κ2) is 5.82. The van der Waals surface area contributed by atoms with Crippen molar-refractivity contribution in [2.75, 3.05) is 0 Å². The lowest BCUT2D eigenvalue weighted by atomic mass is 10.00. The van der Waals surface area contributed by atoms with Crippen LogP contribution in [0.5, 0.6) is 0 Å². The van der Waals surface area contributed by atoms with Gasteiger partial charge in [-0.05, 0) is 70.2 Å². The van der Waals surface area contributed by atoms with Gasteiger partial charge in [0.25, 0.3) is 0 Å². The molecule has 0 spiro atoms.